The third-order valence-corrected chi connectivity index (χ3v) is 6.77. The number of ether oxygens (including phenoxy) is 3. The molecule has 0 aliphatic rings. The van der Waals surface area contributed by atoms with Gasteiger partial charge < -0.3 is 29.5 Å². The molecular formula is C31H35Cl2FN2O6. The van der Waals surface area contributed by atoms with Crippen LogP contribution in [-0.4, -0.2) is 61.0 Å². The third kappa shape index (κ3) is 11.5. The minimum absolute atomic E-state index is 0.235. The van der Waals surface area contributed by atoms with Crippen LogP contribution in [-0.2, 0) is 27.3 Å². The molecule has 0 fully saturated rings. The number of urea groups is 1. The van der Waals surface area contributed by atoms with E-state index < -0.39 is 12.1 Å². The zero-order valence-electron chi connectivity index (χ0n) is 23.4. The number of amides is 2. The van der Waals surface area contributed by atoms with Crippen LogP contribution in [0.4, 0.5) is 14.9 Å². The van der Waals surface area contributed by atoms with Crippen molar-refractivity contribution < 1.29 is 33.3 Å². The topological polar surface area (TPSA) is 97.3 Å². The van der Waals surface area contributed by atoms with Crippen molar-refractivity contribution in [2.24, 2.45) is 0 Å². The normalized spacial score (nSPS) is 11.6. The number of nitrogens with zero attached hydrogens (tertiary/aromatic N) is 1. The van der Waals surface area contributed by atoms with Gasteiger partial charge in [0.25, 0.3) is 0 Å². The Kier molecular flexibility index (Phi) is 13.8. The molecule has 0 bridgehead atoms. The number of aliphatic carboxylic acids is 1. The van der Waals surface area contributed by atoms with Crippen LogP contribution in [0.1, 0.15) is 30.9 Å². The lowest BCUT2D eigenvalue weighted by molar-refractivity contribution is -0.149. The van der Waals surface area contributed by atoms with Crippen molar-refractivity contribution in [1.82, 2.24) is 4.90 Å². The fourth-order valence-corrected chi connectivity index (χ4v) is 4.46. The Bertz CT molecular complexity index is 1280. The molecule has 1 atom stereocenters. The van der Waals surface area contributed by atoms with Crippen molar-refractivity contribution in [2.45, 2.75) is 38.9 Å². The smallest absolute Gasteiger partial charge is 0.333 e. The van der Waals surface area contributed by atoms with Gasteiger partial charge in [-0.15, -0.1) is 0 Å². The summed E-state index contributed by atoms with van der Waals surface area (Å²) >= 11 is 12.2. The molecule has 0 heterocycles. The lowest BCUT2D eigenvalue weighted by Gasteiger charge is -2.23. The summed E-state index contributed by atoms with van der Waals surface area (Å²) in [7, 11) is 0. The van der Waals surface area contributed by atoms with Crippen LogP contribution in [0.15, 0.2) is 66.7 Å². The van der Waals surface area contributed by atoms with Gasteiger partial charge in [0, 0.05) is 31.2 Å². The van der Waals surface area contributed by atoms with Gasteiger partial charge in [-0.05, 0) is 73.4 Å². The lowest BCUT2D eigenvalue weighted by Crippen LogP contribution is -2.38. The highest BCUT2D eigenvalue weighted by Crippen LogP contribution is 2.25. The van der Waals surface area contributed by atoms with E-state index in [-0.39, 0.29) is 24.9 Å². The van der Waals surface area contributed by atoms with E-state index >= 15 is 0 Å². The number of nitrogens with one attached hydrogen (secondary N) is 1. The maximum absolute atomic E-state index is 13.1. The fourth-order valence-electron chi connectivity index (χ4n) is 4.01. The van der Waals surface area contributed by atoms with E-state index in [0.29, 0.717) is 67.2 Å². The molecule has 0 saturated carbocycles. The van der Waals surface area contributed by atoms with E-state index in [1.165, 1.54) is 12.1 Å². The Labute approximate surface area is 255 Å². The van der Waals surface area contributed by atoms with E-state index in [9.17, 15) is 19.1 Å². The number of carbonyl (C=O) groups is 2. The maximum Gasteiger partial charge on any atom is 0.333 e. The summed E-state index contributed by atoms with van der Waals surface area (Å²) in [5, 5.41) is 12.9. The average molecular weight is 622 g/mol. The number of carboxylic acid groups (broad SMARTS) is 1. The molecule has 226 valence electrons. The highest BCUT2D eigenvalue weighted by atomic mass is 35.5. The molecule has 0 saturated heterocycles. The molecule has 2 amide bonds. The van der Waals surface area contributed by atoms with E-state index in [4.69, 9.17) is 37.4 Å². The summed E-state index contributed by atoms with van der Waals surface area (Å²) in [5.41, 5.74) is 2.14. The van der Waals surface area contributed by atoms with Gasteiger partial charge in [0.15, 0.2) is 6.10 Å². The number of carbonyl (C=O) groups excluding carboxylic acids is 1. The van der Waals surface area contributed by atoms with Crippen LogP contribution in [0.2, 0.25) is 10.0 Å². The number of hydrogen-bond donors (Lipinski definition) is 2. The van der Waals surface area contributed by atoms with Crippen molar-refractivity contribution in [3.8, 4) is 5.75 Å². The largest absolute Gasteiger partial charge is 0.492 e. The number of anilines is 1. The molecule has 0 radical (unpaired) electrons. The molecule has 11 heteroatoms. The van der Waals surface area contributed by atoms with Gasteiger partial charge in [-0.1, -0.05) is 47.5 Å². The molecule has 3 aromatic carbocycles. The molecule has 3 aromatic rings. The van der Waals surface area contributed by atoms with Crippen molar-refractivity contribution >= 4 is 40.9 Å². The second-order valence-corrected chi connectivity index (χ2v) is 10.2. The van der Waals surface area contributed by atoms with E-state index in [1.54, 1.807) is 66.4 Å². The van der Waals surface area contributed by atoms with Gasteiger partial charge in [-0.25, -0.2) is 14.0 Å². The molecule has 0 aliphatic carbocycles. The molecule has 0 spiro atoms. The number of hydrogen-bond acceptors (Lipinski definition) is 5. The standard InChI is InChI=1S/C31H35Cl2FN2O6/c1-2-41-29(30(37)38)19-22-7-12-26(13-8-22)42-18-16-36(31(39)35-28-14-9-24(32)20-27(28)33)15-3-4-17-40-21-23-5-10-25(34)11-6-23/h5-14,20,29H,2-4,15-19,21H2,1H3,(H,35,39)(H,37,38). The van der Waals surface area contributed by atoms with Crippen LogP contribution in [0.25, 0.3) is 0 Å². The Morgan fingerprint density at radius 1 is 0.952 bits per heavy atom. The van der Waals surface area contributed by atoms with Gasteiger partial charge in [0.05, 0.1) is 23.9 Å². The number of carboxylic acids is 1. The van der Waals surface area contributed by atoms with Gasteiger partial charge in [-0.3, -0.25) is 0 Å². The first-order valence-corrected chi connectivity index (χ1v) is 14.4. The van der Waals surface area contributed by atoms with Crippen molar-refractivity contribution in [3.63, 3.8) is 0 Å². The molecule has 8 nitrogen and oxygen atoms in total. The summed E-state index contributed by atoms with van der Waals surface area (Å²) in [6, 6.07) is 17.8. The first-order chi connectivity index (χ1) is 20.2. The van der Waals surface area contributed by atoms with Crippen LogP contribution in [0, 0.1) is 5.82 Å². The lowest BCUT2D eigenvalue weighted by atomic mass is 10.1. The quantitative estimate of drug-likeness (QED) is 0.157. The van der Waals surface area contributed by atoms with E-state index in [2.05, 4.69) is 5.32 Å². The first-order valence-electron chi connectivity index (χ1n) is 13.6. The number of benzene rings is 3. The summed E-state index contributed by atoms with van der Waals surface area (Å²) in [6.07, 6.45) is 0.743. The molecule has 2 N–H and O–H groups in total. The van der Waals surface area contributed by atoms with Gasteiger partial charge in [0.2, 0.25) is 0 Å². The van der Waals surface area contributed by atoms with Gasteiger partial charge in [0.1, 0.15) is 18.2 Å². The van der Waals surface area contributed by atoms with Crippen molar-refractivity contribution in [1.29, 1.82) is 0 Å². The Morgan fingerprint density at radius 3 is 2.33 bits per heavy atom. The predicted octanol–water partition coefficient (Wildman–Crippen LogP) is 7.07. The van der Waals surface area contributed by atoms with E-state index in [0.717, 1.165) is 11.1 Å². The predicted molar refractivity (Wildman–Crippen MR) is 161 cm³/mol. The number of unbranched alkanes of at least 4 members (excludes halogenated alkanes) is 1. The summed E-state index contributed by atoms with van der Waals surface area (Å²) in [4.78, 5) is 26.1. The number of halogens is 3. The molecular weight excluding hydrogens is 586 g/mol. The summed E-state index contributed by atoms with van der Waals surface area (Å²) in [5.74, 6) is -0.698. The third-order valence-electron chi connectivity index (χ3n) is 6.23. The number of rotatable bonds is 17. The molecule has 3 rings (SSSR count). The Morgan fingerprint density at radius 2 is 1.67 bits per heavy atom. The van der Waals surface area contributed by atoms with Crippen LogP contribution < -0.4 is 10.1 Å². The minimum Gasteiger partial charge on any atom is -0.492 e. The highest BCUT2D eigenvalue weighted by molar-refractivity contribution is 6.36. The SMILES string of the molecule is CCOC(Cc1ccc(OCCN(CCCCOCc2ccc(F)cc2)C(=O)Nc2ccc(Cl)cc2Cl)cc1)C(=O)O. The molecule has 1 unspecified atom stereocenters. The molecule has 42 heavy (non-hydrogen) atoms. The van der Waals surface area contributed by atoms with Crippen molar-refractivity contribution in [2.75, 3.05) is 38.2 Å². The minimum atomic E-state index is -1.00. The zero-order valence-corrected chi connectivity index (χ0v) is 24.9. The second kappa shape index (κ2) is 17.6. The van der Waals surface area contributed by atoms with Crippen molar-refractivity contribution in [3.05, 3.63) is 93.7 Å². The molecule has 0 aliphatic heterocycles. The monoisotopic (exact) mass is 620 g/mol. The Hall–Kier alpha value is -3.37. The van der Waals surface area contributed by atoms with Crippen LogP contribution >= 0.6 is 23.2 Å². The van der Waals surface area contributed by atoms with Crippen LogP contribution in [0.3, 0.4) is 0 Å². The highest BCUT2D eigenvalue weighted by Gasteiger charge is 2.18. The maximum atomic E-state index is 13.1. The van der Waals surface area contributed by atoms with Crippen LogP contribution in [0.5, 0.6) is 5.75 Å². The Balaban J connectivity index is 1.51. The zero-order chi connectivity index (χ0) is 30.3. The summed E-state index contributed by atoms with van der Waals surface area (Å²) < 4.78 is 29.9. The van der Waals surface area contributed by atoms with Gasteiger partial charge >= 0.3 is 12.0 Å². The first kappa shape index (κ1) is 33.1. The fraction of sp³-hybridized carbons (Fsp3) is 0.355. The molecule has 0 aromatic heterocycles. The second-order valence-electron chi connectivity index (χ2n) is 9.41. The van der Waals surface area contributed by atoms with E-state index in [1.807, 2.05) is 0 Å². The summed E-state index contributed by atoms with van der Waals surface area (Å²) in [6.45, 7) is 3.94. The average Bonchev–Trinajstić information content (AvgIpc) is 2.96. The van der Waals surface area contributed by atoms with Gasteiger partial charge in [-0.2, -0.15) is 0 Å².